The fourth-order valence-corrected chi connectivity index (χ4v) is 4.59. The van der Waals surface area contributed by atoms with Crippen LogP contribution >= 0.6 is 7.60 Å². The monoisotopic (exact) mass is 405 g/mol. The molecular weight excluding hydrogens is 383 g/mol. The SMILES string of the molecule is CCOP(=O)(CO[C@H]1C[C@@H](n2cnc3c(N)ncnc32)C(F)(F)C1)OCC. The third kappa shape index (κ3) is 4.11. The number of nitrogens with zero attached hydrogens (tertiary/aromatic N) is 4. The van der Waals surface area contributed by atoms with Crippen LogP contribution < -0.4 is 5.73 Å². The molecule has 9 nitrogen and oxygen atoms in total. The number of hydrogen-bond donors (Lipinski definition) is 1. The zero-order valence-corrected chi connectivity index (χ0v) is 15.9. The van der Waals surface area contributed by atoms with Crippen LogP contribution in [0.1, 0.15) is 32.7 Å². The van der Waals surface area contributed by atoms with Crippen molar-refractivity contribution in [3.63, 3.8) is 0 Å². The Morgan fingerprint density at radius 2 is 2.00 bits per heavy atom. The molecule has 2 aromatic heterocycles. The number of rotatable bonds is 8. The smallest absolute Gasteiger partial charge is 0.356 e. The fraction of sp³-hybridized carbons (Fsp3) is 0.667. The van der Waals surface area contributed by atoms with Gasteiger partial charge < -0.3 is 24.1 Å². The predicted octanol–water partition coefficient (Wildman–Crippen LogP) is 2.99. The van der Waals surface area contributed by atoms with Gasteiger partial charge in [-0.15, -0.1) is 0 Å². The van der Waals surface area contributed by atoms with E-state index in [0.29, 0.717) is 0 Å². The Morgan fingerprint density at radius 3 is 2.67 bits per heavy atom. The highest BCUT2D eigenvalue weighted by molar-refractivity contribution is 7.53. The van der Waals surface area contributed by atoms with E-state index in [-0.39, 0.29) is 43.0 Å². The third-order valence-electron chi connectivity index (χ3n) is 4.32. The lowest BCUT2D eigenvalue weighted by molar-refractivity contribution is -0.0402. The van der Waals surface area contributed by atoms with Crippen molar-refractivity contribution < 1.29 is 27.1 Å². The maximum absolute atomic E-state index is 14.6. The zero-order valence-electron chi connectivity index (χ0n) is 15.0. The quantitative estimate of drug-likeness (QED) is 0.667. The van der Waals surface area contributed by atoms with Crippen molar-refractivity contribution in [2.24, 2.45) is 0 Å². The Bertz CT molecular complexity index is 839. The van der Waals surface area contributed by atoms with E-state index in [4.69, 9.17) is 19.5 Å². The second kappa shape index (κ2) is 7.75. The van der Waals surface area contributed by atoms with E-state index in [1.54, 1.807) is 13.8 Å². The number of ether oxygens (including phenoxy) is 1. The molecule has 27 heavy (non-hydrogen) atoms. The van der Waals surface area contributed by atoms with Crippen molar-refractivity contribution >= 4 is 24.6 Å². The minimum absolute atomic E-state index is 0.000613. The summed E-state index contributed by atoms with van der Waals surface area (Å²) in [5.41, 5.74) is 6.23. The molecule has 0 amide bonds. The second-order valence-corrected chi connectivity index (χ2v) is 8.16. The van der Waals surface area contributed by atoms with Crippen LogP contribution in [0.15, 0.2) is 12.7 Å². The van der Waals surface area contributed by atoms with Crippen LogP contribution in [0.5, 0.6) is 0 Å². The van der Waals surface area contributed by atoms with E-state index in [0.717, 1.165) is 0 Å². The number of aromatic nitrogens is 4. The van der Waals surface area contributed by atoms with Gasteiger partial charge in [-0.2, -0.15) is 0 Å². The van der Waals surface area contributed by atoms with Crippen LogP contribution in [0.4, 0.5) is 14.6 Å². The van der Waals surface area contributed by atoms with E-state index in [2.05, 4.69) is 15.0 Å². The molecule has 12 heteroatoms. The molecular formula is C15H22F2N5O4P. The number of alkyl halides is 2. The highest BCUT2D eigenvalue weighted by atomic mass is 31.2. The molecule has 0 saturated heterocycles. The molecule has 2 atom stereocenters. The Labute approximate surface area is 154 Å². The van der Waals surface area contributed by atoms with Crippen LogP contribution in [0.3, 0.4) is 0 Å². The minimum atomic E-state index is -3.46. The van der Waals surface area contributed by atoms with E-state index in [1.165, 1.54) is 17.2 Å². The molecule has 2 N–H and O–H groups in total. The number of imidazole rings is 1. The number of nitrogens with two attached hydrogens (primary N) is 1. The average molecular weight is 405 g/mol. The summed E-state index contributed by atoms with van der Waals surface area (Å²) in [6.45, 7) is 3.69. The molecule has 3 rings (SSSR count). The Hall–Kier alpha value is -1.68. The van der Waals surface area contributed by atoms with E-state index >= 15 is 0 Å². The van der Waals surface area contributed by atoms with E-state index in [9.17, 15) is 13.3 Å². The number of anilines is 1. The fourth-order valence-electron chi connectivity index (χ4n) is 3.19. The zero-order chi connectivity index (χ0) is 19.7. The highest BCUT2D eigenvalue weighted by Gasteiger charge is 2.51. The van der Waals surface area contributed by atoms with Crippen LogP contribution in [-0.2, 0) is 18.3 Å². The topological polar surface area (TPSA) is 114 Å². The van der Waals surface area contributed by atoms with Crippen molar-refractivity contribution in [2.45, 2.75) is 44.8 Å². The average Bonchev–Trinajstić information content (AvgIpc) is 3.14. The molecule has 1 aliphatic carbocycles. The van der Waals surface area contributed by atoms with Crippen LogP contribution in [-0.4, -0.2) is 51.1 Å². The minimum Gasteiger partial charge on any atom is -0.382 e. The number of halogens is 2. The van der Waals surface area contributed by atoms with Crippen molar-refractivity contribution in [3.05, 3.63) is 12.7 Å². The lowest BCUT2D eigenvalue weighted by Gasteiger charge is -2.20. The van der Waals surface area contributed by atoms with Gasteiger partial charge in [0.15, 0.2) is 11.5 Å². The molecule has 1 fully saturated rings. The van der Waals surface area contributed by atoms with E-state index < -0.39 is 32.1 Å². The second-order valence-electron chi connectivity index (χ2n) is 6.16. The summed E-state index contributed by atoms with van der Waals surface area (Å²) in [5.74, 6) is -2.93. The standard InChI is InChI=1S/C15H22F2N5O4P/c1-3-25-27(23,26-4-2)9-24-10-5-11(15(16,17)6-10)22-8-21-12-13(18)19-7-20-14(12)22/h7-8,10-11H,3-6,9H2,1-2H3,(H2,18,19,20)/t10-,11+/m0/s1. The predicted molar refractivity (Wildman–Crippen MR) is 93.6 cm³/mol. The number of fused-ring (bicyclic) bond motifs is 1. The van der Waals surface area contributed by atoms with Crippen molar-refractivity contribution in [1.82, 2.24) is 19.5 Å². The van der Waals surface area contributed by atoms with Gasteiger partial charge in [-0.1, -0.05) is 0 Å². The summed E-state index contributed by atoms with van der Waals surface area (Å²) in [4.78, 5) is 11.9. The first-order valence-electron chi connectivity index (χ1n) is 8.60. The molecule has 0 spiro atoms. The van der Waals surface area contributed by atoms with Gasteiger partial charge in [0.25, 0.3) is 5.92 Å². The van der Waals surface area contributed by atoms with Gasteiger partial charge in [-0.3, -0.25) is 4.57 Å². The number of hydrogen-bond acceptors (Lipinski definition) is 8. The normalized spacial score (nSPS) is 22.5. The van der Waals surface area contributed by atoms with E-state index in [1.807, 2.05) is 0 Å². The van der Waals surface area contributed by atoms with Crippen molar-refractivity contribution in [2.75, 3.05) is 25.3 Å². The Morgan fingerprint density at radius 1 is 1.30 bits per heavy atom. The van der Waals surface area contributed by atoms with Gasteiger partial charge in [-0.05, 0) is 13.8 Å². The van der Waals surface area contributed by atoms with Crippen molar-refractivity contribution in [3.8, 4) is 0 Å². The van der Waals surface area contributed by atoms with Crippen molar-refractivity contribution in [1.29, 1.82) is 0 Å². The maximum atomic E-state index is 14.6. The molecule has 150 valence electrons. The first-order valence-corrected chi connectivity index (χ1v) is 10.3. The molecule has 2 aromatic rings. The van der Waals surface area contributed by atoms with Crippen LogP contribution in [0, 0.1) is 0 Å². The lowest BCUT2D eigenvalue weighted by atomic mass is 10.2. The first-order chi connectivity index (χ1) is 12.8. The summed E-state index contributed by atoms with van der Waals surface area (Å²) >= 11 is 0. The summed E-state index contributed by atoms with van der Waals surface area (Å²) in [7, 11) is -3.46. The molecule has 0 unspecified atom stereocenters. The summed E-state index contributed by atoms with van der Waals surface area (Å²) in [6, 6.07) is -1.21. The van der Waals surface area contributed by atoms with Crippen LogP contribution in [0.25, 0.3) is 11.2 Å². The van der Waals surface area contributed by atoms with Crippen LogP contribution in [0.2, 0.25) is 0 Å². The van der Waals surface area contributed by atoms with Gasteiger partial charge in [-0.25, -0.2) is 23.7 Å². The maximum Gasteiger partial charge on any atom is 0.356 e. The highest BCUT2D eigenvalue weighted by Crippen LogP contribution is 2.51. The van der Waals surface area contributed by atoms with Gasteiger partial charge in [0.2, 0.25) is 0 Å². The van der Waals surface area contributed by atoms with Gasteiger partial charge in [0, 0.05) is 12.8 Å². The Kier molecular flexibility index (Phi) is 5.76. The molecule has 0 aliphatic heterocycles. The van der Waals surface area contributed by atoms with Gasteiger partial charge in [0.1, 0.15) is 24.2 Å². The molecule has 1 aliphatic rings. The Balaban J connectivity index is 1.76. The molecule has 2 heterocycles. The number of nitrogen functional groups attached to an aromatic ring is 1. The first kappa shape index (κ1) is 20.1. The largest absolute Gasteiger partial charge is 0.382 e. The van der Waals surface area contributed by atoms with Gasteiger partial charge >= 0.3 is 7.60 Å². The lowest BCUT2D eigenvalue weighted by Crippen LogP contribution is -2.25. The summed E-state index contributed by atoms with van der Waals surface area (Å²) in [6.07, 6.45) is 0.786. The molecule has 0 radical (unpaired) electrons. The molecule has 0 bridgehead atoms. The summed E-state index contributed by atoms with van der Waals surface area (Å²) in [5, 5.41) is 0. The van der Waals surface area contributed by atoms with Gasteiger partial charge in [0.05, 0.1) is 25.6 Å². The third-order valence-corrected chi connectivity index (χ3v) is 6.08. The molecule has 0 aromatic carbocycles. The summed E-state index contributed by atoms with van der Waals surface area (Å²) < 4.78 is 58.7. The molecule has 1 saturated carbocycles.